The number of carbonyl (C=O) groups excluding carboxylic acids is 1. The van der Waals surface area contributed by atoms with E-state index in [1.807, 2.05) is 32.2 Å². The Hall–Kier alpha value is -1.26. The third-order valence-corrected chi connectivity index (χ3v) is 3.63. The fraction of sp³-hybridized carbons (Fsp3) is 0.562. The third-order valence-electron chi connectivity index (χ3n) is 3.40. The largest absolute Gasteiger partial charge is 0.374 e. The van der Waals surface area contributed by atoms with Crippen molar-refractivity contribution in [2.75, 3.05) is 25.5 Å². The quantitative estimate of drug-likeness (QED) is 0.813. The zero-order valence-corrected chi connectivity index (χ0v) is 14.3. The second kappa shape index (κ2) is 8.25. The first-order valence-electron chi connectivity index (χ1n) is 7.29. The molecule has 1 unspecified atom stereocenters. The monoisotopic (exact) mass is 311 g/mol. The SMILES string of the molecule is CNC(=O)C(C)CN(C)c1ccc(Cl)cc1CNC(C)C. The molecule has 0 saturated heterocycles. The van der Waals surface area contributed by atoms with E-state index in [4.69, 9.17) is 11.6 Å². The van der Waals surface area contributed by atoms with Crippen LogP contribution in [0, 0.1) is 5.92 Å². The summed E-state index contributed by atoms with van der Waals surface area (Å²) in [5.41, 5.74) is 2.24. The molecule has 5 heteroatoms. The standard InChI is InChI=1S/C16H26ClN3O/c1-11(2)19-9-13-8-14(17)6-7-15(13)20(5)10-12(3)16(21)18-4/h6-8,11-12,19H,9-10H2,1-5H3,(H,18,21). The molecule has 1 rings (SSSR count). The molecule has 0 radical (unpaired) electrons. The van der Waals surface area contributed by atoms with Crippen LogP contribution < -0.4 is 15.5 Å². The van der Waals surface area contributed by atoms with Gasteiger partial charge < -0.3 is 15.5 Å². The van der Waals surface area contributed by atoms with Crippen molar-refractivity contribution in [2.24, 2.45) is 5.92 Å². The number of nitrogens with one attached hydrogen (secondary N) is 2. The van der Waals surface area contributed by atoms with Gasteiger partial charge in [0.1, 0.15) is 0 Å². The molecule has 1 aromatic rings. The first-order chi connectivity index (χ1) is 9.85. The summed E-state index contributed by atoms with van der Waals surface area (Å²) in [5.74, 6) is -0.0146. The second-order valence-electron chi connectivity index (χ2n) is 5.70. The zero-order valence-electron chi connectivity index (χ0n) is 13.5. The Bertz CT molecular complexity index is 477. The van der Waals surface area contributed by atoms with Gasteiger partial charge in [-0.2, -0.15) is 0 Å². The van der Waals surface area contributed by atoms with Gasteiger partial charge in [0.2, 0.25) is 5.91 Å². The molecular weight excluding hydrogens is 286 g/mol. The average molecular weight is 312 g/mol. The van der Waals surface area contributed by atoms with Crippen molar-refractivity contribution in [2.45, 2.75) is 33.4 Å². The summed E-state index contributed by atoms with van der Waals surface area (Å²) in [6, 6.07) is 6.28. The molecule has 21 heavy (non-hydrogen) atoms. The first kappa shape index (κ1) is 17.8. The smallest absolute Gasteiger partial charge is 0.224 e. The molecule has 0 bridgehead atoms. The van der Waals surface area contributed by atoms with Gasteiger partial charge in [0.15, 0.2) is 0 Å². The number of carbonyl (C=O) groups is 1. The molecule has 1 atom stereocenters. The minimum atomic E-state index is -0.0680. The molecule has 0 aromatic heterocycles. The summed E-state index contributed by atoms with van der Waals surface area (Å²) < 4.78 is 0. The third kappa shape index (κ3) is 5.56. The van der Waals surface area contributed by atoms with Crippen LogP contribution in [0.2, 0.25) is 5.02 Å². The molecule has 4 nitrogen and oxygen atoms in total. The molecule has 0 heterocycles. The molecule has 0 aliphatic heterocycles. The van der Waals surface area contributed by atoms with Crippen LogP contribution in [0.5, 0.6) is 0 Å². The average Bonchev–Trinajstić information content (AvgIpc) is 2.43. The van der Waals surface area contributed by atoms with Gasteiger partial charge in [0.25, 0.3) is 0 Å². The highest BCUT2D eigenvalue weighted by molar-refractivity contribution is 6.30. The molecule has 2 N–H and O–H groups in total. The lowest BCUT2D eigenvalue weighted by Gasteiger charge is -2.26. The Morgan fingerprint density at radius 2 is 2.00 bits per heavy atom. The first-order valence-corrected chi connectivity index (χ1v) is 7.67. The Morgan fingerprint density at radius 3 is 2.57 bits per heavy atom. The van der Waals surface area contributed by atoms with Gasteiger partial charge in [-0.15, -0.1) is 0 Å². The van der Waals surface area contributed by atoms with Crippen LogP contribution in [0.15, 0.2) is 18.2 Å². The summed E-state index contributed by atoms with van der Waals surface area (Å²) in [5, 5.41) is 6.82. The van der Waals surface area contributed by atoms with Crippen LogP contribution >= 0.6 is 11.6 Å². The molecule has 0 spiro atoms. The Labute approximate surface area is 132 Å². The van der Waals surface area contributed by atoms with E-state index in [9.17, 15) is 4.79 Å². The van der Waals surface area contributed by atoms with E-state index in [2.05, 4.69) is 29.4 Å². The molecule has 118 valence electrons. The van der Waals surface area contributed by atoms with Crippen molar-refractivity contribution in [1.29, 1.82) is 0 Å². The summed E-state index contributed by atoms with van der Waals surface area (Å²) in [7, 11) is 3.67. The lowest BCUT2D eigenvalue weighted by molar-refractivity contribution is -0.123. The Morgan fingerprint density at radius 1 is 1.33 bits per heavy atom. The van der Waals surface area contributed by atoms with E-state index >= 15 is 0 Å². The Balaban J connectivity index is 2.87. The predicted molar refractivity (Wildman–Crippen MR) is 89.9 cm³/mol. The van der Waals surface area contributed by atoms with Crippen LogP contribution in [0.1, 0.15) is 26.3 Å². The number of anilines is 1. The molecule has 0 fully saturated rings. The van der Waals surface area contributed by atoms with E-state index < -0.39 is 0 Å². The van der Waals surface area contributed by atoms with Gasteiger partial charge in [0, 0.05) is 43.9 Å². The van der Waals surface area contributed by atoms with Gasteiger partial charge in [-0.1, -0.05) is 32.4 Å². The molecule has 0 aliphatic rings. The van der Waals surface area contributed by atoms with Gasteiger partial charge in [0.05, 0.1) is 5.92 Å². The van der Waals surface area contributed by atoms with E-state index in [1.54, 1.807) is 7.05 Å². The zero-order chi connectivity index (χ0) is 16.0. The van der Waals surface area contributed by atoms with Crippen LogP contribution in [0.25, 0.3) is 0 Å². The summed E-state index contributed by atoms with van der Waals surface area (Å²) in [4.78, 5) is 13.8. The lowest BCUT2D eigenvalue weighted by atomic mass is 10.1. The van der Waals surface area contributed by atoms with E-state index in [1.165, 1.54) is 0 Å². The number of hydrogen-bond donors (Lipinski definition) is 2. The topological polar surface area (TPSA) is 44.4 Å². The van der Waals surface area contributed by atoms with Crippen LogP contribution in [-0.4, -0.2) is 32.6 Å². The normalized spacial score (nSPS) is 12.3. The summed E-state index contributed by atoms with van der Waals surface area (Å²) in [6.07, 6.45) is 0. The molecular formula is C16H26ClN3O. The van der Waals surface area contributed by atoms with Crippen LogP contribution in [0.4, 0.5) is 5.69 Å². The molecule has 1 aromatic carbocycles. The van der Waals surface area contributed by atoms with E-state index in [-0.39, 0.29) is 11.8 Å². The number of halogens is 1. The predicted octanol–water partition coefficient (Wildman–Crippen LogP) is 2.66. The lowest BCUT2D eigenvalue weighted by Crippen LogP contribution is -2.35. The van der Waals surface area contributed by atoms with Crippen molar-refractivity contribution >= 4 is 23.2 Å². The molecule has 1 amide bonds. The number of rotatable bonds is 7. The van der Waals surface area contributed by atoms with Crippen molar-refractivity contribution in [3.63, 3.8) is 0 Å². The molecule has 0 aliphatic carbocycles. The van der Waals surface area contributed by atoms with Crippen LogP contribution in [-0.2, 0) is 11.3 Å². The highest BCUT2D eigenvalue weighted by atomic mass is 35.5. The van der Waals surface area contributed by atoms with Gasteiger partial charge in [-0.25, -0.2) is 0 Å². The number of nitrogens with zero attached hydrogens (tertiary/aromatic N) is 1. The number of amides is 1. The van der Waals surface area contributed by atoms with E-state index in [0.717, 1.165) is 22.8 Å². The van der Waals surface area contributed by atoms with Crippen molar-refractivity contribution < 1.29 is 4.79 Å². The highest BCUT2D eigenvalue weighted by Gasteiger charge is 2.16. The number of benzene rings is 1. The minimum Gasteiger partial charge on any atom is -0.374 e. The van der Waals surface area contributed by atoms with Crippen LogP contribution in [0.3, 0.4) is 0 Å². The summed E-state index contributed by atoms with van der Waals surface area (Å²) >= 11 is 6.11. The van der Waals surface area contributed by atoms with Gasteiger partial charge >= 0.3 is 0 Å². The fourth-order valence-electron chi connectivity index (χ4n) is 2.22. The minimum absolute atomic E-state index is 0.0534. The van der Waals surface area contributed by atoms with Crippen molar-refractivity contribution in [3.05, 3.63) is 28.8 Å². The second-order valence-corrected chi connectivity index (χ2v) is 6.14. The van der Waals surface area contributed by atoms with Crippen molar-refractivity contribution in [1.82, 2.24) is 10.6 Å². The number of hydrogen-bond acceptors (Lipinski definition) is 3. The maximum atomic E-state index is 11.7. The Kier molecular flexibility index (Phi) is 6.99. The maximum absolute atomic E-state index is 11.7. The molecule has 0 saturated carbocycles. The van der Waals surface area contributed by atoms with Gasteiger partial charge in [-0.3, -0.25) is 4.79 Å². The van der Waals surface area contributed by atoms with Crippen molar-refractivity contribution in [3.8, 4) is 0 Å². The van der Waals surface area contributed by atoms with E-state index in [0.29, 0.717) is 12.6 Å². The van der Waals surface area contributed by atoms with Gasteiger partial charge in [-0.05, 0) is 23.8 Å². The highest BCUT2D eigenvalue weighted by Crippen LogP contribution is 2.24. The summed E-state index contributed by atoms with van der Waals surface area (Å²) in [6.45, 7) is 7.57. The fourth-order valence-corrected chi connectivity index (χ4v) is 2.42. The maximum Gasteiger partial charge on any atom is 0.224 e.